The average molecular weight is 519 g/mol. The first kappa shape index (κ1) is 22.9. The second-order valence-electron chi connectivity index (χ2n) is 4.09. The summed E-state index contributed by atoms with van der Waals surface area (Å²) < 4.78 is 0. The zero-order valence-corrected chi connectivity index (χ0v) is 17.3. The van der Waals surface area contributed by atoms with Gasteiger partial charge >= 0.3 is 50.1 Å². The Labute approximate surface area is 144 Å². The second kappa shape index (κ2) is 12.2. The third-order valence-electron chi connectivity index (χ3n) is 2.29. The molecule has 0 aliphatic heterocycles. The first-order valence-corrected chi connectivity index (χ1v) is 5.74. The van der Waals surface area contributed by atoms with Crippen molar-refractivity contribution >= 4 is 50.1 Å². The topological polar surface area (TPSA) is 171 Å². The van der Waals surface area contributed by atoms with Crippen molar-refractivity contribution in [3.05, 3.63) is 0 Å². The van der Waals surface area contributed by atoms with Gasteiger partial charge in [-0.05, 0) is 0 Å². The van der Waals surface area contributed by atoms with Gasteiger partial charge in [0, 0.05) is 13.1 Å². The van der Waals surface area contributed by atoms with Crippen molar-refractivity contribution in [1.29, 1.82) is 0 Å². The molecule has 0 aromatic rings. The maximum absolute atomic E-state index is 11.0. The summed E-state index contributed by atoms with van der Waals surface area (Å²) in [4.78, 5) is 49.0. The SMILES string of the molecule is NOC(=O)CN(CCN(CC(=O)O)CC(=O)O)CC(=O)O.[BiH3]. The van der Waals surface area contributed by atoms with Gasteiger partial charge in [-0.2, -0.15) is 5.90 Å². The van der Waals surface area contributed by atoms with Crippen LogP contribution in [0.25, 0.3) is 0 Å². The molecule has 0 aromatic carbocycles. The number of carboxylic acid groups (broad SMARTS) is 3. The van der Waals surface area contributed by atoms with Crippen LogP contribution in [0.2, 0.25) is 0 Å². The number of rotatable bonds is 11. The Morgan fingerprint density at radius 1 is 0.773 bits per heavy atom. The summed E-state index contributed by atoms with van der Waals surface area (Å²) in [5.41, 5.74) is 0. The van der Waals surface area contributed by atoms with Crippen molar-refractivity contribution in [1.82, 2.24) is 9.80 Å². The fourth-order valence-electron chi connectivity index (χ4n) is 1.50. The van der Waals surface area contributed by atoms with Crippen molar-refractivity contribution in [3.8, 4) is 0 Å². The third-order valence-corrected chi connectivity index (χ3v) is 2.29. The number of carboxylic acids is 3. The molecule has 11 nitrogen and oxygen atoms in total. The van der Waals surface area contributed by atoms with E-state index in [1.807, 2.05) is 0 Å². The van der Waals surface area contributed by atoms with E-state index in [9.17, 15) is 19.2 Å². The summed E-state index contributed by atoms with van der Waals surface area (Å²) in [6.07, 6.45) is 0. The number of hydrogen-bond acceptors (Lipinski definition) is 8. The van der Waals surface area contributed by atoms with E-state index in [2.05, 4.69) is 10.7 Å². The predicted molar refractivity (Wildman–Crippen MR) is 76.0 cm³/mol. The molecule has 0 heterocycles. The Morgan fingerprint density at radius 3 is 1.36 bits per heavy atom. The van der Waals surface area contributed by atoms with E-state index in [1.165, 1.54) is 0 Å². The van der Waals surface area contributed by atoms with E-state index in [-0.39, 0.29) is 39.3 Å². The van der Waals surface area contributed by atoms with Crippen LogP contribution >= 0.6 is 0 Å². The summed E-state index contributed by atoms with van der Waals surface area (Å²) in [5, 5.41) is 26.0. The van der Waals surface area contributed by atoms with Crippen LogP contribution in [0.5, 0.6) is 0 Å². The van der Waals surface area contributed by atoms with E-state index in [4.69, 9.17) is 15.3 Å². The standard InChI is InChI=1S/C10H17N3O8.Bi.3H/c11-21-10(20)6-13(5-9(18)19)2-1-12(3-7(14)15)4-8(16)17;;;;/h1-6,11H2,(H,14,15)(H,16,17)(H,18,19);;;;. The summed E-state index contributed by atoms with van der Waals surface area (Å²) in [6.45, 7) is -2.03. The quantitative estimate of drug-likeness (QED) is 0.155. The Bertz CT molecular complexity index is 390. The normalized spacial score (nSPS) is 10.1. The molecular weight excluding hydrogens is 499 g/mol. The summed E-state index contributed by atoms with van der Waals surface area (Å²) in [7, 11) is 0. The van der Waals surface area contributed by atoms with Crippen molar-refractivity contribution in [2.45, 2.75) is 0 Å². The number of carbonyl (C=O) groups is 4. The van der Waals surface area contributed by atoms with Gasteiger partial charge in [0.05, 0.1) is 26.2 Å². The van der Waals surface area contributed by atoms with Gasteiger partial charge in [-0.1, -0.05) is 0 Å². The number of aliphatic carboxylic acids is 3. The summed E-state index contributed by atoms with van der Waals surface area (Å²) >= 11 is 0. The van der Waals surface area contributed by atoms with Crippen LogP contribution in [-0.2, 0) is 24.0 Å². The third kappa shape index (κ3) is 12.4. The Morgan fingerprint density at radius 2 is 1.09 bits per heavy atom. The van der Waals surface area contributed by atoms with Crippen molar-refractivity contribution in [2.75, 3.05) is 39.3 Å². The van der Waals surface area contributed by atoms with Crippen molar-refractivity contribution in [2.24, 2.45) is 5.90 Å². The molecular formula is C10H20BiN3O8. The molecule has 5 N–H and O–H groups in total. The van der Waals surface area contributed by atoms with E-state index in [0.29, 0.717) is 0 Å². The molecule has 128 valence electrons. The minimum atomic E-state index is -1.22. The van der Waals surface area contributed by atoms with Gasteiger partial charge in [0.25, 0.3) is 0 Å². The number of carbonyl (C=O) groups excluding carboxylic acids is 1. The first-order chi connectivity index (χ1) is 9.74. The number of hydrogen-bond donors (Lipinski definition) is 4. The fourth-order valence-corrected chi connectivity index (χ4v) is 1.50. The fraction of sp³-hybridized carbons (Fsp3) is 0.600. The Hall–Kier alpha value is -1.36. The van der Waals surface area contributed by atoms with Gasteiger partial charge in [0.1, 0.15) is 0 Å². The van der Waals surface area contributed by atoms with Crippen LogP contribution < -0.4 is 5.90 Å². The van der Waals surface area contributed by atoms with Crippen LogP contribution in [0, 0.1) is 0 Å². The zero-order chi connectivity index (χ0) is 16.4. The van der Waals surface area contributed by atoms with E-state index in [1.54, 1.807) is 0 Å². The molecule has 0 rings (SSSR count). The van der Waals surface area contributed by atoms with E-state index < -0.39 is 50.1 Å². The molecule has 0 aliphatic rings. The molecule has 0 aliphatic carbocycles. The van der Waals surface area contributed by atoms with E-state index in [0.717, 1.165) is 9.80 Å². The van der Waals surface area contributed by atoms with Crippen LogP contribution in [0.1, 0.15) is 0 Å². The van der Waals surface area contributed by atoms with Gasteiger partial charge in [-0.3, -0.25) is 24.2 Å². The maximum atomic E-state index is 11.0. The number of nitrogens with two attached hydrogens (primary N) is 1. The molecule has 22 heavy (non-hydrogen) atoms. The molecule has 0 spiro atoms. The Balaban J connectivity index is 0. The molecule has 0 atom stereocenters. The van der Waals surface area contributed by atoms with E-state index >= 15 is 0 Å². The molecule has 0 fully saturated rings. The van der Waals surface area contributed by atoms with Gasteiger partial charge in [-0.15, -0.1) is 0 Å². The molecule has 0 unspecified atom stereocenters. The number of nitrogens with zero attached hydrogens (tertiary/aromatic N) is 2. The van der Waals surface area contributed by atoms with Gasteiger partial charge < -0.3 is 20.2 Å². The van der Waals surface area contributed by atoms with Crippen LogP contribution in [0.15, 0.2) is 0 Å². The first-order valence-electron chi connectivity index (χ1n) is 5.74. The molecule has 0 saturated carbocycles. The van der Waals surface area contributed by atoms with Crippen LogP contribution in [0.3, 0.4) is 0 Å². The van der Waals surface area contributed by atoms with Gasteiger partial charge in [0.15, 0.2) is 0 Å². The minimum absolute atomic E-state index is 0. The summed E-state index contributed by atoms with van der Waals surface area (Å²) in [5.74, 6) is 0.142. The van der Waals surface area contributed by atoms with Crippen molar-refractivity contribution in [3.63, 3.8) is 0 Å². The molecule has 0 aromatic heterocycles. The monoisotopic (exact) mass is 519 g/mol. The van der Waals surface area contributed by atoms with Crippen LogP contribution in [0.4, 0.5) is 0 Å². The summed E-state index contributed by atoms with van der Waals surface area (Å²) in [6, 6.07) is 0. The molecule has 0 radical (unpaired) electrons. The zero-order valence-electron chi connectivity index (χ0n) is 11.8. The molecule has 0 bridgehead atoms. The van der Waals surface area contributed by atoms with Gasteiger partial charge in [-0.25, -0.2) is 4.79 Å². The van der Waals surface area contributed by atoms with Crippen molar-refractivity contribution < 1.29 is 39.3 Å². The predicted octanol–water partition coefficient (Wildman–Crippen LogP) is -3.92. The van der Waals surface area contributed by atoms with Crippen LogP contribution in [-0.4, -0.2) is 114 Å². The Kier molecular flexibility index (Phi) is 12.7. The average Bonchev–Trinajstić information content (AvgIpc) is 2.33. The second-order valence-corrected chi connectivity index (χ2v) is 4.09. The molecule has 0 saturated heterocycles. The molecule has 12 heteroatoms. The van der Waals surface area contributed by atoms with Gasteiger partial charge in [0.2, 0.25) is 0 Å². The molecule has 0 amide bonds.